The fraction of sp³-hybridized carbons (Fsp3) is 0. The van der Waals surface area contributed by atoms with Gasteiger partial charge in [-0.15, -0.1) is 0 Å². The average molecular weight is 265 g/mol. The van der Waals surface area contributed by atoms with Crippen LogP contribution < -0.4 is 11.1 Å². The molecule has 3 nitrogen and oxygen atoms in total. The summed E-state index contributed by atoms with van der Waals surface area (Å²) >= 11 is 5.82. The summed E-state index contributed by atoms with van der Waals surface area (Å²) in [5, 5.41) is 2.88. The lowest BCUT2D eigenvalue weighted by Gasteiger charge is -2.07. The number of nitrogen functional groups attached to an aromatic ring is 1. The number of amides is 1. The standard InChI is InChI=1S/C13H10ClFN2O/c14-10-7-8(5-6-12(10)16)17-13(18)9-3-1-2-4-11(9)15/h1-7H,16H2,(H,17,18). The van der Waals surface area contributed by atoms with Gasteiger partial charge in [0, 0.05) is 5.69 Å². The first-order valence-corrected chi connectivity index (χ1v) is 5.56. The van der Waals surface area contributed by atoms with Crippen molar-refractivity contribution in [2.45, 2.75) is 0 Å². The Morgan fingerprint density at radius 2 is 1.94 bits per heavy atom. The molecule has 2 aromatic rings. The molecule has 0 unspecified atom stereocenters. The van der Waals surface area contributed by atoms with Crippen LogP contribution in [0.2, 0.25) is 5.02 Å². The number of rotatable bonds is 2. The summed E-state index contributed by atoms with van der Waals surface area (Å²) in [6.45, 7) is 0. The van der Waals surface area contributed by atoms with Gasteiger partial charge in [-0.1, -0.05) is 23.7 Å². The van der Waals surface area contributed by atoms with Gasteiger partial charge < -0.3 is 11.1 Å². The molecule has 0 saturated heterocycles. The molecule has 0 saturated carbocycles. The highest BCUT2D eigenvalue weighted by Crippen LogP contribution is 2.23. The third kappa shape index (κ3) is 2.60. The van der Waals surface area contributed by atoms with E-state index in [0.717, 1.165) is 0 Å². The zero-order chi connectivity index (χ0) is 13.1. The van der Waals surface area contributed by atoms with E-state index in [2.05, 4.69) is 5.32 Å². The SMILES string of the molecule is Nc1ccc(NC(=O)c2ccccc2F)cc1Cl. The molecule has 0 heterocycles. The molecule has 2 aromatic carbocycles. The summed E-state index contributed by atoms with van der Waals surface area (Å²) in [6.07, 6.45) is 0. The minimum atomic E-state index is -0.573. The lowest BCUT2D eigenvalue weighted by Crippen LogP contribution is -2.13. The van der Waals surface area contributed by atoms with Crippen LogP contribution in [0, 0.1) is 5.82 Å². The second-order valence-electron chi connectivity index (χ2n) is 3.67. The number of hydrogen-bond acceptors (Lipinski definition) is 2. The number of anilines is 2. The van der Waals surface area contributed by atoms with Crippen LogP contribution in [0.3, 0.4) is 0 Å². The number of halogens is 2. The van der Waals surface area contributed by atoms with E-state index >= 15 is 0 Å². The molecule has 18 heavy (non-hydrogen) atoms. The summed E-state index contributed by atoms with van der Waals surface area (Å²) in [5.74, 6) is -1.11. The molecule has 2 rings (SSSR count). The molecule has 0 aromatic heterocycles. The van der Waals surface area contributed by atoms with Gasteiger partial charge >= 0.3 is 0 Å². The molecule has 0 aliphatic rings. The Morgan fingerprint density at radius 3 is 2.61 bits per heavy atom. The van der Waals surface area contributed by atoms with E-state index in [1.807, 2.05) is 0 Å². The number of nitrogens with one attached hydrogen (secondary N) is 1. The van der Waals surface area contributed by atoms with Crippen LogP contribution in [-0.2, 0) is 0 Å². The van der Waals surface area contributed by atoms with Crippen LogP contribution in [0.25, 0.3) is 0 Å². The fourth-order valence-corrected chi connectivity index (χ4v) is 1.63. The summed E-state index contributed by atoms with van der Waals surface area (Å²) in [7, 11) is 0. The lowest BCUT2D eigenvalue weighted by molar-refractivity contribution is 0.102. The number of hydrogen-bond donors (Lipinski definition) is 2. The Bertz CT molecular complexity index is 601. The Kier molecular flexibility index (Phi) is 3.48. The van der Waals surface area contributed by atoms with Crippen LogP contribution >= 0.6 is 11.6 Å². The predicted molar refractivity (Wildman–Crippen MR) is 70.2 cm³/mol. The van der Waals surface area contributed by atoms with Gasteiger partial charge in [0.05, 0.1) is 16.3 Å². The monoisotopic (exact) mass is 264 g/mol. The first-order valence-electron chi connectivity index (χ1n) is 5.19. The quantitative estimate of drug-likeness (QED) is 0.818. The van der Waals surface area contributed by atoms with Crippen molar-refractivity contribution >= 4 is 28.9 Å². The van der Waals surface area contributed by atoms with E-state index in [4.69, 9.17) is 17.3 Å². The van der Waals surface area contributed by atoms with E-state index in [0.29, 0.717) is 16.4 Å². The smallest absolute Gasteiger partial charge is 0.258 e. The molecule has 92 valence electrons. The van der Waals surface area contributed by atoms with Crippen molar-refractivity contribution < 1.29 is 9.18 Å². The molecule has 0 aliphatic carbocycles. The Labute approximate surface area is 108 Å². The largest absolute Gasteiger partial charge is 0.398 e. The maximum absolute atomic E-state index is 13.4. The molecule has 0 fully saturated rings. The zero-order valence-corrected chi connectivity index (χ0v) is 10.0. The molecule has 0 radical (unpaired) electrons. The fourth-order valence-electron chi connectivity index (χ4n) is 1.45. The maximum Gasteiger partial charge on any atom is 0.258 e. The summed E-state index contributed by atoms with van der Waals surface area (Å²) in [5.41, 5.74) is 6.41. The number of carbonyl (C=O) groups excluding carboxylic acids is 1. The second kappa shape index (κ2) is 5.06. The van der Waals surface area contributed by atoms with Gasteiger partial charge in [0.15, 0.2) is 0 Å². The molecule has 1 amide bonds. The molecule has 5 heteroatoms. The lowest BCUT2D eigenvalue weighted by atomic mass is 10.2. The van der Waals surface area contributed by atoms with E-state index in [1.165, 1.54) is 24.3 Å². The normalized spacial score (nSPS) is 10.1. The van der Waals surface area contributed by atoms with E-state index in [-0.39, 0.29) is 5.56 Å². The molecular weight excluding hydrogens is 255 g/mol. The van der Waals surface area contributed by atoms with E-state index in [1.54, 1.807) is 18.2 Å². The average Bonchev–Trinajstić information content (AvgIpc) is 2.34. The van der Waals surface area contributed by atoms with Gasteiger partial charge in [-0.05, 0) is 30.3 Å². The van der Waals surface area contributed by atoms with E-state index < -0.39 is 11.7 Å². The van der Waals surface area contributed by atoms with Crippen LogP contribution in [-0.4, -0.2) is 5.91 Å². The predicted octanol–water partition coefficient (Wildman–Crippen LogP) is 3.31. The van der Waals surface area contributed by atoms with Crippen molar-refractivity contribution in [3.63, 3.8) is 0 Å². The Hall–Kier alpha value is -2.07. The minimum absolute atomic E-state index is 0.0227. The van der Waals surface area contributed by atoms with Crippen LogP contribution in [0.4, 0.5) is 15.8 Å². The number of nitrogens with two attached hydrogens (primary N) is 1. The number of carbonyl (C=O) groups is 1. The van der Waals surface area contributed by atoms with Gasteiger partial charge in [0.2, 0.25) is 0 Å². The highest BCUT2D eigenvalue weighted by Gasteiger charge is 2.11. The third-order valence-corrected chi connectivity index (χ3v) is 2.70. The minimum Gasteiger partial charge on any atom is -0.398 e. The first kappa shape index (κ1) is 12.4. The molecular formula is C13H10ClFN2O. The van der Waals surface area contributed by atoms with Gasteiger partial charge in [-0.2, -0.15) is 0 Å². The van der Waals surface area contributed by atoms with Gasteiger partial charge in [-0.3, -0.25) is 4.79 Å². The first-order chi connectivity index (χ1) is 8.58. The van der Waals surface area contributed by atoms with Crippen molar-refractivity contribution in [3.8, 4) is 0 Å². The summed E-state index contributed by atoms with van der Waals surface area (Å²) < 4.78 is 13.4. The number of benzene rings is 2. The van der Waals surface area contributed by atoms with Gasteiger partial charge in [-0.25, -0.2) is 4.39 Å². The topological polar surface area (TPSA) is 55.1 Å². The van der Waals surface area contributed by atoms with Crippen molar-refractivity contribution in [3.05, 3.63) is 58.9 Å². The Balaban J connectivity index is 2.22. The van der Waals surface area contributed by atoms with E-state index in [9.17, 15) is 9.18 Å². The van der Waals surface area contributed by atoms with Crippen molar-refractivity contribution in [1.29, 1.82) is 0 Å². The van der Waals surface area contributed by atoms with Crippen molar-refractivity contribution in [2.24, 2.45) is 0 Å². The summed E-state index contributed by atoms with van der Waals surface area (Å²) in [6, 6.07) is 10.4. The van der Waals surface area contributed by atoms with Crippen LogP contribution in [0.1, 0.15) is 10.4 Å². The molecule has 0 atom stereocenters. The summed E-state index contributed by atoms with van der Waals surface area (Å²) in [4.78, 5) is 11.8. The van der Waals surface area contributed by atoms with Crippen molar-refractivity contribution in [1.82, 2.24) is 0 Å². The van der Waals surface area contributed by atoms with Crippen LogP contribution in [0.5, 0.6) is 0 Å². The molecule has 0 spiro atoms. The van der Waals surface area contributed by atoms with Crippen LogP contribution in [0.15, 0.2) is 42.5 Å². The molecule has 3 N–H and O–H groups in total. The second-order valence-corrected chi connectivity index (χ2v) is 4.08. The molecule has 0 aliphatic heterocycles. The highest BCUT2D eigenvalue weighted by molar-refractivity contribution is 6.33. The van der Waals surface area contributed by atoms with Gasteiger partial charge in [0.25, 0.3) is 5.91 Å². The Morgan fingerprint density at radius 1 is 1.22 bits per heavy atom. The van der Waals surface area contributed by atoms with Gasteiger partial charge in [0.1, 0.15) is 5.82 Å². The molecule has 0 bridgehead atoms. The highest BCUT2D eigenvalue weighted by atomic mass is 35.5. The maximum atomic E-state index is 13.4. The third-order valence-electron chi connectivity index (χ3n) is 2.38. The van der Waals surface area contributed by atoms with Crippen molar-refractivity contribution in [2.75, 3.05) is 11.1 Å². The zero-order valence-electron chi connectivity index (χ0n) is 9.28.